The summed E-state index contributed by atoms with van der Waals surface area (Å²) < 4.78 is 5.32. The van der Waals surface area contributed by atoms with Crippen LogP contribution in [0.1, 0.15) is 45.7 Å². The Bertz CT molecular complexity index is 514. The third-order valence-corrected chi connectivity index (χ3v) is 4.71. The van der Waals surface area contributed by atoms with Crippen molar-refractivity contribution in [3.05, 3.63) is 29.8 Å². The van der Waals surface area contributed by atoms with Gasteiger partial charge < -0.3 is 15.4 Å². The van der Waals surface area contributed by atoms with Gasteiger partial charge in [-0.3, -0.25) is 0 Å². The molecule has 0 bridgehead atoms. The first-order valence-corrected chi connectivity index (χ1v) is 8.82. The monoisotopic (exact) mass is 322 g/mol. The molecule has 1 amide bonds. The van der Waals surface area contributed by atoms with Crippen molar-refractivity contribution in [3.63, 3.8) is 0 Å². The maximum atomic E-state index is 11.9. The van der Waals surface area contributed by atoms with Crippen molar-refractivity contribution in [2.75, 3.05) is 12.3 Å². The van der Waals surface area contributed by atoms with Crippen LogP contribution in [0.15, 0.2) is 29.2 Å². The first-order valence-electron chi connectivity index (χ1n) is 7.83. The molecule has 0 spiro atoms. The Labute approximate surface area is 137 Å². The molecule has 1 aliphatic rings. The van der Waals surface area contributed by atoms with Crippen molar-refractivity contribution in [1.29, 1.82) is 0 Å². The maximum Gasteiger partial charge on any atom is 0.407 e. The molecule has 2 N–H and O–H groups in total. The smallest absolute Gasteiger partial charge is 0.407 e. The number of carbonyl (C=O) groups is 1. The minimum atomic E-state index is -0.461. The first kappa shape index (κ1) is 17.2. The highest BCUT2D eigenvalue weighted by Crippen LogP contribution is 2.37. The average molecular weight is 322 g/mol. The number of nitrogens with one attached hydrogen (secondary N) is 2. The highest BCUT2D eigenvalue weighted by Gasteiger charge is 2.24. The predicted octanol–water partition coefficient (Wildman–Crippen LogP) is 3.73. The van der Waals surface area contributed by atoms with Crippen LogP contribution in [0.5, 0.6) is 0 Å². The molecule has 0 aromatic heterocycles. The van der Waals surface area contributed by atoms with Gasteiger partial charge in [-0.05, 0) is 38.8 Å². The summed E-state index contributed by atoms with van der Waals surface area (Å²) in [6.07, 6.45) is 0.524. The average Bonchev–Trinajstić information content (AvgIpc) is 2.84. The van der Waals surface area contributed by atoms with Gasteiger partial charge in [-0.1, -0.05) is 25.1 Å². The number of ether oxygens (including phenoxy) is 1. The van der Waals surface area contributed by atoms with Crippen LogP contribution in [0.2, 0.25) is 0 Å². The number of hydrogen-bond acceptors (Lipinski definition) is 4. The lowest BCUT2D eigenvalue weighted by Gasteiger charge is -2.24. The number of rotatable bonds is 5. The van der Waals surface area contributed by atoms with E-state index >= 15 is 0 Å². The van der Waals surface area contributed by atoms with E-state index < -0.39 is 5.60 Å². The molecule has 1 aliphatic heterocycles. The summed E-state index contributed by atoms with van der Waals surface area (Å²) in [5.41, 5.74) is 0.899. The van der Waals surface area contributed by atoms with Gasteiger partial charge in [0, 0.05) is 29.3 Å². The number of hydrogen-bond donors (Lipinski definition) is 2. The van der Waals surface area contributed by atoms with Gasteiger partial charge in [-0.15, -0.1) is 11.8 Å². The molecule has 5 heteroatoms. The van der Waals surface area contributed by atoms with Crippen LogP contribution in [-0.4, -0.2) is 30.0 Å². The minimum Gasteiger partial charge on any atom is -0.444 e. The van der Waals surface area contributed by atoms with Crippen LogP contribution < -0.4 is 10.6 Å². The lowest BCUT2D eigenvalue weighted by atomic mass is 10.1. The van der Waals surface area contributed by atoms with Crippen molar-refractivity contribution in [2.45, 2.75) is 56.7 Å². The quantitative estimate of drug-likeness (QED) is 0.867. The highest BCUT2D eigenvalue weighted by molar-refractivity contribution is 7.99. The van der Waals surface area contributed by atoms with Crippen LogP contribution in [0.3, 0.4) is 0 Å². The summed E-state index contributed by atoms with van der Waals surface area (Å²) in [5, 5.41) is 6.51. The fourth-order valence-corrected chi connectivity index (χ4v) is 3.58. The van der Waals surface area contributed by atoms with E-state index in [1.54, 1.807) is 0 Å². The van der Waals surface area contributed by atoms with Gasteiger partial charge in [0.25, 0.3) is 0 Å². The Morgan fingerprint density at radius 1 is 1.41 bits per heavy atom. The van der Waals surface area contributed by atoms with Gasteiger partial charge in [-0.2, -0.15) is 0 Å². The largest absolute Gasteiger partial charge is 0.444 e. The zero-order valence-corrected chi connectivity index (χ0v) is 14.6. The van der Waals surface area contributed by atoms with Crippen LogP contribution in [0.25, 0.3) is 0 Å². The Morgan fingerprint density at radius 3 is 2.82 bits per heavy atom. The molecule has 2 rings (SSSR count). The van der Waals surface area contributed by atoms with E-state index in [-0.39, 0.29) is 12.1 Å². The van der Waals surface area contributed by atoms with E-state index in [4.69, 9.17) is 4.74 Å². The Hall–Kier alpha value is -1.20. The van der Waals surface area contributed by atoms with E-state index in [1.807, 2.05) is 32.5 Å². The molecule has 0 saturated heterocycles. The number of carbonyl (C=O) groups excluding carboxylic acids is 1. The molecule has 0 radical (unpaired) electrons. The molecule has 1 aromatic carbocycles. The van der Waals surface area contributed by atoms with Gasteiger partial charge in [0.15, 0.2) is 0 Å². The maximum absolute atomic E-state index is 11.9. The summed E-state index contributed by atoms with van der Waals surface area (Å²) in [6.45, 7) is 8.44. The molecule has 0 aliphatic carbocycles. The van der Waals surface area contributed by atoms with Gasteiger partial charge in [0.2, 0.25) is 0 Å². The zero-order valence-electron chi connectivity index (χ0n) is 13.8. The second kappa shape index (κ2) is 7.38. The third-order valence-electron chi connectivity index (χ3n) is 3.52. The molecule has 0 fully saturated rings. The number of alkyl carbamates (subject to hydrolysis) is 1. The van der Waals surface area contributed by atoms with Crippen molar-refractivity contribution >= 4 is 17.9 Å². The molecule has 4 nitrogen and oxygen atoms in total. The predicted molar refractivity (Wildman–Crippen MR) is 91.4 cm³/mol. The van der Waals surface area contributed by atoms with Crippen LogP contribution in [0.4, 0.5) is 4.79 Å². The fraction of sp³-hybridized carbons (Fsp3) is 0.588. The first-order chi connectivity index (χ1) is 10.4. The van der Waals surface area contributed by atoms with E-state index in [0.29, 0.717) is 6.04 Å². The van der Waals surface area contributed by atoms with E-state index in [9.17, 15) is 4.79 Å². The molecule has 1 heterocycles. The van der Waals surface area contributed by atoms with Crippen LogP contribution >= 0.6 is 11.8 Å². The molecule has 2 unspecified atom stereocenters. The Morgan fingerprint density at radius 2 is 2.14 bits per heavy atom. The zero-order chi connectivity index (χ0) is 16.2. The van der Waals surface area contributed by atoms with Gasteiger partial charge >= 0.3 is 6.09 Å². The number of fused-ring (bicyclic) bond motifs is 1. The van der Waals surface area contributed by atoms with Crippen LogP contribution in [-0.2, 0) is 4.74 Å². The van der Waals surface area contributed by atoms with Gasteiger partial charge in [-0.25, -0.2) is 4.79 Å². The molecule has 22 heavy (non-hydrogen) atoms. The number of benzene rings is 1. The second-order valence-electron chi connectivity index (χ2n) is 6.56. The molecular weight excluding hydrogens is 296 g/mol. The lowest BCUT2D eigenvalue weighted by Crippen LogP contribution is -2.44. The number of amides is 1. The molecular formula is C17H26N2O2S. The third kappa shape index (κ3) is 4.92. The fourth-order valence-electron chi connectivity index (χ4n) is 2.39. The summed E-state index contributed by atoms with van der Waals surface area (Å²) >= 11 is 1.88. The normalized spacial score (nSPS) is 18.6. The summed E-state index contributed by atoms with van der Waals surface area (Å²) in [5.74, 6) is 1.04. The van der Waals surface area contributed by atoms with Crippen molar-refractivity contribution in [2.24, 2.45) is 0 Å². The standard InChI is InChI=1S/C17H26N2O2S/c1-5-12(19-16(20)21-17(2,3)4)10-18-14-11-22-15-9-7-6-8-13(14)15/h6-9,12,14,18H,5,10-11H2,1-4H3,(H,19,20). The Balaban J connectivity index is 1.83. The van der Waals surface area contributed by atoms with E-state index in [1.165, 1.54) is 10.5 Å². The molecule has 2 atom stereocenters. The topological polar surface area (TPSA) is 50.4 Å². The van der Waals surface area contributed by atoms with E-state index in [2.05, 4.69) is 41.8 Å². The lowest BCUT2D eigenvalue weighted by molar-refractivity contribution is 0.0502. The second-order valence-corrected chi connectivity index (χ2v) is 7.62. The SMILES string of the molecule is CCC(CNC1CSc2ccccc21)NC(=O)OC(C)(C)C. The van der Waals surface area contributed by atoms with Crippen molar-refractivity contribution in [3.8, 4) is 0 Å². The minimum absolute atomic E-state index is 0.0765. The highest BCUT2D eigenvalue weighted by atomic mass is 32.2. The summed E-state index contributed by atoms with van der Waals surface area (Å²) in [7, 11) is 0. The molecule has 1 aromatic rings. The molecule has 0 saturated carbocycles. The van der Waals surface area contributed by atoms with Crippen molar-refractivity contribution < 1.29 is 9.53 Å². The number of thioether (sulfide) groups is 1. The summed E-state index contributed by atoms with van der Waals surface area (Å²) in [4.78, 5) is 13.2. The van der Waals surface area contributed by atoms with Crippen LogP contribution in [0, 0.1) is 0 Å². The van der Waals surface area contributed by atoms with Crippen molar-refractivity contribution in [1.82, 2.24) is 10.6 Å². The van der Waals surface area contributed by atoms with Gasteiger partial charge in [0.1, 0.15) is 5.60 Å². The molecule has 122 valence electrons. The Kier molecular flexibility index (Phi) is 5.75. The summed E-state index contributed by atoms with van der Waals surface area (Å²) in [6, 6.07) is 8.93. The van der Waals surface area contributed by atoms with Gasteiger partial charge in [0.05, 0.1) is 0 Å². The van der Waals surface area contributed by atoms with E-state index in [0.717, 1.165) is 18.7 Å².